The molecule has 0 aliphatic carbocycles. The Bertz CT molecular complexity index is 941. The predicted molar refractivity (Wildman–Crippen MR) is 88.3 cm³/mol. The van der Waals surface area contributed by atoms with Gasteiger partial charge in [-0.3, -0.25) is 4.57 Å². The van der Waals surface area contributed by atoms with Crippen molar-refractivity contribution in [2.45, 2.75) is 13.0 Å². The van der Waals surface area contributed by atoms with Gasteiger partial charge in [-0.2, -0.15) is 0 Å². The van der Waals surface area contributed by atoms with E-state index in [1.807, 2.05) is 59.2 Å². The normalized spacial score (nSPS) is 17.0. The van der Waals surface area contributed by atoms with Gasteiger partial charge in [-0.25, -0.2) is 9.78 Å². The first-order valence-electron chi connectivity index (χ1n) is 7.40. The molecule has 1 aliphatic rings. The second kappa shape index (κ2) is 4.98. The predicted octanol–water partition coefficient (Wildman–Crippen LogP) is 3.41. The monoisotopic (exact) mass is 305 g/mol. The summed E-state index contributed by atoms with van der Waals surface area (Å²) >= 11 is 0. The highest BCUT2D eigenvalue weighted by atomic mass is 16.4. The van der Waals surface area contributed by atoms with E-state index >= 15 is 0 Å². The first-order valence-corrected chi connectivity index (χ1v) is 7.40. The molecule has 5 heteroatoms. The minimum absolute atomic E-state index is 0.340. The number of carboxylic acid groups (broad SMARTS) is 1. The van der Waals surface area contributed by atoms with E-state index in [2.05, 4.69) is 10.3 Å². The SMILES string of the molecule is CC1=C(C(=O)O)[C@@H](c2ccccc2)n2c(nc3ccccc32)N1. The molecule has 114 valence electrons. The zero-order valence-electron chi connectivity index (χ0n) is 12.5. The van der Waals surface area contributed by atoms with Gasteiger partial charge in [0.15, 0.2) is 0 Å². The van der Waals surface area contributed by atoms with Gasteiger partial charge in [-0.1, -0.05) is 42.5 Å². The van der Waals surface area contributed by atoms with Crippen LogP contribution in [0.4, 0.5) is 5.95 Å². The number of carbonyl (C=O) groups is 1. The molecule has 3 aromatic rings. The smallest absolute Gasteiger partial charge is 0.335 e. The molecule has 0 radical (unpaired) electrons. The van der Waals surface area contributed by atoms with Crippen LogP contribution in [-0.2, 0) is 4.79 Å². The second-order valence-electron chi connectivity index (χ2n) is 5.58. The molecule has 4 rings (SSSR count). The molecule has 2 heterocycles. The Morgan fingerprint density at radius 1 is 1.13 bits per heavy atom. The maximum absolute atomic E-state index is 11.9. The highest BCUT2D eigenvalue weighted by molar-refractivity contribution is 5.92. The zero-order chi connectivity index (χ0) is 16.0. The fourth-order valence-electron chi connectivity index (χ4n) is 3.19. The Labute approximate surface area is 132 Å². The number of nitrogens with zero attached hydrogens (tertiary/aromatic N) is 2. The number of allylic oxidation sites excluding steroid dienone is 1. The number of nitrogens with one attached hydrogen (secondary N) is 1. The third kappa shape index (κ3) is 2.01. The first kappa shape index (κ1) is 13.6. The van der Waals surface area contributed by atoms with Gasteiger partial charge in [0.1, 0.15) is 0 Å². The number of carboxylic acids is 1. The van der Waals surface area contributed by atoms with Crippen LogP contribution in [0.15, 0.2) is 65.9 Å². The Balaban J connectivity index is 2.05. The molecule has 0 saturated carbocycles. The molecule has 2 N–H and O–H groups in total. The molecule has 0 saturated heterocycles. The van der Waals surface area contributed by atoms with Gasteiger partial charge in [0, 0.05) is 5.70 Å². The van der Waals surface area contributed by atoms with Crippen molar-refractivity contribution in [2.75, 3.05) is 5.32 Å². The zero-order valence-corrected chi connectivity index (χ0v) is 12.5. The quantitative estimate of drug-likeness (QED) is 0.761. The summed E-state index contributed by atoms with van der Waals surface area (Å²) in [6, 6.07) is 17.0. The Kier molecular flexibility index (Phi) is 2.94. The Hall–Kier alpha value is -3.08. The molecule has 5 nitrogen and oxygen atoms in total. The lowest BCUT2D eigenvalue weighted by molar-refractivity contribution is -0.133. The van der Waals surface area contributed by atoms with Crippen molar-refractivity contribution in [3.63, 3.8) is 0 Å². The number of anilines is 1. The molecule has 0 fully saturated rings. The highest BCUT2D eigenvalue weighted by Gasteiger charge is 2.33. The van der Waals surface area contributed by atoms with Crippen molar-refractivity contribution in [1.82, 2.24) is 9.55 Å². The maximum atomic E-state index is 11.9. The molecule has 0 unspecified atom stereocenters. The number of hydrogen-bond acceptors (Lipinski definition) is 3. The van der Waals surface area contributed by atoms with Crippen LogP contribution >= 0.6 is 0 Å². The van der Waals surface area contributed by atoms with Gasteiger partial charge in [0.05, 0.1) is 22.6 Å². The molecule has 23 heavy (non-hydrogen) atoms. The number of imidazole rings is 1. The summed E-state index contributed by atoms with van der Waals surface area (Å²) in [6.07, 6.45) is 0. The number of aliphatic carboxylic acids is 1. The average Bonchev–Trinajstić information content (AvgIpc) is 2.91. The third-order valence-electron chi connectivity index (χ3n) is 4.18. The molecule has 1 aromatic heterocycles. The van der Waals surface area contributed by atoms with E-state index in [4.69, 9.17) is 0 Å². The van der Waals surface area contributed by atoms with Crippen molar-refractivity contribution in [3.8, 4) is 0 Å². The van der Waals surface area contributed by atoms with Crippen molar-refractivity contribution in [2.24, 2.45) is 0 Å². The van der Waals surface area contributed by atoms with Crippen molar-refractivity contribution in [1.29, 1.82) is 0 Å². The van der Waals surface area contributed by atoms with Crippen molar-refractivity contribution < 1.29 is 9.90 Å². The summed E-state index contributed by atoms with van der Waals surface area (Å²) in [6.45, 7) is 1.78. The largest absolute Gasteiger partial charge is 0.478 e. The molecule has 0 bridgehead atoms. The topological polar surface area (TPSA) is 67.1 Å². The summed E-state index contributed by atoms with van der Waals surface area (Å²) in [5, 5.41) is 12.9. The molecule has 2 aromatic carbocycles. The summed E-state index contributed by atoms with van der Waals surface area (Å²) < 4.78 is 1.96. The summed E-state index contributed by atoms with van der Waals surface area (Å²) in [4.78, 5) is 16.5. The number of para-hydroxylation sites is 2. The number of aromatic nitrogens is 2. The van der Waals surface area contributed by atoms with E-state index in [9.17, 15) is 9.90 Å². The summed E-state index contributed by atoms with van der Waals surface area (Å²) in [5.41, 5.74) is 3.64. The number of fused-ring (bicyclic) bond motifs is 3. The summed E-state index contributed by atoms with van der Waals surface area (Å²) in [7, 11) is 0. The minimum Gasteiger partial charge on any atom is -0.478 e. The van der Waals surface area contributed by atoms with E-state index in [0.29, 0.717) is 17.2 Å². The lowest BCUT2D eigenvalue weighted by Gasteiger charge is -2.29. The number of benzene rings is 2. The minimum atomic E-state index is -0.924. The van der Waals surface area contributed by atoms with Crippen LogP contribution in [0.25, 0.3) is 11.0 Å². The number of hydrogen-bond donors (Lipinski definition) is 2. The van der Waals surface area contributed by atoms with Crippen LogP contribution < -0.4 is 5.32 Å². The molecular formula is C18H15N3O2. The van der Waals surface area contributed by atoms with Crippen LogP contribution in [0.5, 0.6) is 0 Å². The van der Waals surface area contributed by atoms with Crippen molar-refractivity contribution >= 4 is 23.0 Å². The Morgan fingerprint density at radius 3 is 2.57 bits per heavy atom. The number of rotatable bonds is 2. The molecule has 1 atom stereocenters. The van der Waals surface area contributed by atoms with E-state index < -0.39 is 12.0 Å². The van der Waals surface area contributed by atoms with E-state index in [-0.39, 0.29) is 0 Å². The van der Waals surface area contributed by atoms with Crippen LogP contribution in [0, 0.1) is 0 Å². The standard InChI is InChI=1S/C18H15N3O2/c1-11-15(17(22)23)16(12-7-3-2-4-8-12)21-14-10-6-5-9-13(14)20-18(21)19-11/h2-10,16H,1H3,(H,19,20)(H,22,23)/t16-/m1/s1. The van der Waals surface area contributed by atoms with E-state index in [0.717, 1.165) is 16.6 Å². The summed E-state index contributed by atoms with van der Waals surface area (Å²) in [5.74, 6) is -0.255. The lowest BCUT2D eigenvalue weighted by Crippen LogP contribution is -2.27. The third-order valence-corrected chi connectivity index (χ3v) is 4.18. The molecule has 1 aliphatic heterocycles. The van der Waals surface area contributed by atoms with Gasteiger partial charge < -0.3 is 10.4 Å². The molecular weight excluding hydrogens is 290 g/mol. The highest BCUT2D eigenvalue weighted by Crippen LogP contribution is 2.38. The van der Waals surface area contributed by atoms with Gasteiger partial charge in [0.25, 0.3) is 0 Å². The lowest BCUT2D eigenvalue weighted by atomic mass is 9.95. The van der Waals surface area contributed by atoms with Gasteiger partial charge >= 0.3 is 5.97 Å². The van der Waals surface area contributed by atoms with Crippen LogP contribution in [0.1, 0.15) is 18.5 Å². The van der Waals surface area contributed by atoms with E-state index in [1.54, 1.807) is 6.92 Å². The fourth-order valence-corrected chi connectivity index (χ4v) is 3.19. The molecule has 0 amide bonds. The first-order chi connectivity index (χ1) is 11.2. The molecule has 0 spiro atoms. The van der Waals surface area contributed by atoms with Crippen LogP contribution in [-0.4, -0.2) is 20.6 Å². The fraction of sp³-hybridized carbons (Fsp3) is 0.111. The van der Waals surface area contributed by atoms with Crippen LogP contribution in [0.3, 0.4) is 0 Å². The van der Waals surface area contributed by atoms with Crippen molar-refractivity contribution in [3.05, 3.63) is 71.4 Å². The maximum Gasteiger partial charge on any atom is 0.335 e. The average molecular weight is 305 g/mol. The van der Waals surface area contributed by atoms with Gasteiger partial charge in [-0.05, 0) is 24.6 Å². The van der Waals surface area contributed by atoms with Crippen LogP contribution in [0.2, 0.25) is 0 Å². The van der Waals surface area contributed by atoms with E-state index in [1.165, 1.54) is 0 Å². The van der Waals surface area contributed by atoms with Gasteiger partial charge in [0.2, 0.25) is 5.95 Å². The van der Waals surface area contributed by atoms with Gasteiger partial charge in [-0.15, -0.1) is 0 Å². The second-order valence-corrected chi connectivity index (χ2v) is 5.58. The Morgan fingerprint density at radius 2 is 1.83 bits per heavy atom.